The summed E-state index contributed by atoms with van der Waals surface area (Å²) < 4.78 is 4.88. The van der Waals surface area contributed by atoms with E-state index >= 15 is 0 Å². The number of hydrogen-bond donors (Lipinski definition) is 0. The van der Waals surface area contributed by atoms with Gasteiger partial charge in [0.1, 0.15) is 5.75 Å². The van der Waals surface area contributed by atoms with Gasteiger partial charge in [-0.1, -0.05) is 76.2 Å². The highest BCUT2D eigenvalue weighted by Crippen LogP contribution is 2.36. The van der Waals surface area contributed by atoms with Gasteiger partial charge < -0.3 is 4.74 Å². The molecule has 0 aliphatic heterocycles. The number of benzene rings is 3. The van der Waals surface area contributed by atoms with Crippen LogP contribution in [0.25, 0.3) is 5.01 Å². The molecule has 150 valence electrons. The lowest BCUT2D eigenvalue weighted by atomic mass is 9.74. The van der Waals surface area contributed by atoms with Crippen LogP contribution in [0.15, 0.2) is 72.8 Å². The summed E-state index contributed by atoms with van der Waals surface area (Å²) in [6.07, 6.45) is 1.70. The Labute approximate surface area is 178 Å². The maximum absolute atomic E-state index is 8.65. The van der Waals surface area contributed by atoms with E-state index in [1.807, 2.05) is 48.5 Å². The van der Waals surface area contributed by atoms with Gasteiger partial charge in [-0.3, -0.25) is 0 Å². The number of ether oxygens (including phenoxy) is 1. The standard InChI is InChI=1S/C26H24N2O2/c1-25(2,21-10-14-23(15-11-21)29-18-27)19-6-8-20(9-7-19)26(3,4)22-12-16-24(17-13-22)30-28-5/h6-17H,1-4H3. The van der Waals surface area contributed by atoms with Crippen molar-refractivity contribution in [1.29, 1.82) is 5.26 Å². The fraction of sp³-hybridized carbons (Fsp3) is 0.231. The molecule has 0 bridgehead atoms. The lowest BCUT2D eigenvalue weighted by Gasteiger charge is -2.29. The van der Waals surface area contributed by atoms with E-state index in [0.717, 1.165) is 11.1 Å². The molecule has 4 nitrogen and oxygen atoms in total. The SMILES string of the molecule is [C-]#[N+]Oc1ccc(C(C)(C)c2ccc(C(C)(C)c3ccc(OC#N)cc3)cc2)cc1. The Balaban J connectivity index is 1.85. The van der Waals surface area contributed by atoms with E-state index in [1.54, 1.807) is 6.26 Å². The van der Waals surface area contributed by atoms with Crippen LogP contribution in [0, 0.1) is 18.1 Å². The second kappa shape index (κ2) is 8.31. The molecule has 4 heteroatoms. The number of nitrogens with zero attached hydrogens (tertiary/aromatic N) is 2. The van der Waals surface area contributed by atoms with Gasteiger partial charge in [0.05, 0.1) is 0 Å². The molecule has 0 fully saturated rings. The van der Waals surface area contributed by atoms with Gasteiger partial charge in [-0.25, -0.2) is 0 Å². The smallest absolute Gasteiger partial charge is 0.292 e. The predicted molar refractivity (Wildman–Crippen MR) is 117 cm³/mol. The molecule has 0 heterocycles. The number of hydrogen-bond acceptors (Lipinski definition) is 3. The van der Waals surface area contributed by atoms with E-state index in [-0.39, 0.29) is 10.8 Å². The fourth-order valence-corrected chi connectivity index (χ4v) is 3.61. The van der Waals surface area contributed by atoms with Gasteiger partial charge in [0.2, 0.25) is 5.75 Å². The highest BCUT2D eigenvalue weighted by molar-refractivity contribution is 5.45. The van der Waals surface area contributed by atoms with Crippen LogP contribution < -0.4 is 9.57 Å². The van der Waals surface area contributed by atoms with Crippen LogP contribution in [-0.2, 0) is 10.8 Å². The van der Waals surface area contributed by atoms with Crippen LogP contribution in [-0.4, -0.2) is 0 Å². The summed E-state index contributed by atoms with van der Waals surface area (Å²) in [5.74, 6) is 1.09. The minimum absolute atomic E-state index is 0.185. The van der Waals surface area contributed by atoms with E-state index in [0.29, 0.717) is 11.5 Å². The van der Waals surface area contributed by atoms with Crippen LogP contribution in [0.3, 0.4) is 0 Å². The zero-order valence-corrected chi connectivity index (χ0v) is 17.6. The Morgan fingerprint density at radius 1 is 0.667 bits per heavy atom. The first-order chi connectivity index (χ1) is 14.3. The van der Waals surface area contributed by atoms with Crippen LogP contribution in [0.2, 0.25) is 0 Å². The van der Waals surface area contributed by atoms with Crippen molar-refractivity contribution in [3.05, 3.63) is 107 Å². The Hall–Kier alpha value is -3.76. The second-order valence-electron chi connectivity index (χ2n) is 8.25. The Morgan fingerprint density at radius 3 is 1.33 bits per heavy atom. The van der Waals surface area contributed by atoms with Gasteiger partial charge in [-0.05, 0) is 51.5 Å². The first-order valence-corrected chi connectivity index (χ1v) is 9.71. The van der Waals surface area contributed by atoms with Gasteiger partial charge in [-0.15, -0.1) is 5.26 Å². The Bertz CT molecular complexity index is 992. The number of rotatable bonds is 6. The van der Waals surface area contributed by atoms with Crippen molar-refractivity contribution in [3.63, 3.8) is 0 Å². The third kappa shape index (κ3) is 4.14. The molecule has 0 unspecified atom stereocenters. The van der Waals surface area contributed by atoms with Gasteiger partial charge in [0, 0.05) is 10.8 Å². The molecule has 0 amide bonds. The zero-order chi connectivity index (χ0) is 21.8. The lowest BCUT2D eigenvalue weighted by Crippen LogP contribution is -2.21. The highest BCUT2D eigenvalue weighted by atomic mass is 16.6. The Morgan fingerprint density at radius 2 is 1.00 bits per heavy atom. The largest absolute Gasteiger partial charge is 0.388 e. The van der Waals surface area contributed by atoms with Crippen molar-refractivity contribution in [2.24, 2.45) is 0 Å². The molecule has 0 aliphatic carbocycles. The molecule has 3 aromatic rings. The van der Waals surface area contributed by atoms with Gasteiger partial charge >= 0.3 is 0 Å². The van der Waals surface area contributed by atoms with E-state index < -0.39 is 0 Å². The Kier molecular flexibility index (Phi) is 5.81. The van der Waals surface area contributed by atoms with E-state index in [4.69, 9.17) is 21.4 Å². The topological polar surface area (TPSA) is 46.6 Å². The van der Waals surface area contributed by atoms with Crippen molar-refractivity contribution < 1.29 is 9.57 Å². The minimum Gasteiger partial charge on any atom is -0.388 e. The third-order valence-corrected chi connectivity index (χ3v) is 5.79. The average Bonchev–Trinajstić information content (AvgIpc) is 2.75. The number of nitriles is 1. The van der Waals surface area contributed by atoms with Crippen molar-refractivity contribution >= 4 is 0 Å². The third-order valence-electron chi connectivity index (χ3n) is 5.79. The molecule has 0 saturated heterocycles. The van der Waals surface area contributed by atoms with Gasteiger partial charge in [0.25, 0.3) is 6.26 Å². The van der Waals surface area contributed by atoms with Crippen molar-refractivity contribution in [3.8, 4) is 17.8 Å². The van der Waals surface area contributed by atoms with Crippen molar-refractivity contribution in [1.82, 2.24) is 0 Å². The van der Waals surface area contributed by atoms with Crippen molar-refractivity contribution in [2.75, 3.05) is 0 Å². The maximum atomic E-state index is 8.65. The predicted octanol–water partition coefficient (Wildman–Crippen LogP) is 6.41. The molecule has 3 aromatic carbocycles. The summed E-state index contributed by atoms with van der Waals surface area (Å²) in [7, 11) is 0. The maximum Gasteiger partial charge on any atom is 0.292 e. The molecule has 0 radical (unpaired) electrons. The summed E-state index contributed by atoms with van der Waals surface area (Å²) >= 11 is 0. The monoisotopic (exact) mass is 396 g/mol. The van der Waals surface area contributed by atoms with Gasteiger partial charge in [0.15, 0.2) is 0 Å². The summed E-state index contributed by atoms with van der Waals surface area (Å²) in [5, 5.41) is 11.6. The second-order valence-corrected chi connectivity index (χ2v) is 8.25. The quantitative estimate of drug-likeness (QED) is 0.275. The average molecular weight is 396 g/mol. The van der Waals surface area contributed by atoms with Gasteiger partial charge in [-0.2, -0.15) is 11.4 Å². The lowest BCUT2D eigenvalue weighted by molar-refractivity contribution is 0.472. The minimum atomic E-state index is -0.188. The summed E-state index contributed by atoms with van der Waals surface area (Å²) in [6.45, 7) is 15.5. The molecule has 0 aromatic heterocycles. The molecule has 0 N–H and O–H groups in total. The summed E-state index contributed by atoms with van der Waals surface area (Å²) in [4.78, 5) is 4.86. The normalized spacial score (nSPS) is 11.3. The molecular formula is C26H24N2O2. The molecular weight excluding hydrogens is 372 g/mol. The van der Waals surface area contributed by atoms with Crippen LogP contribution >= 0.6 is 0 Å². The van der Waals surface area contributed by atoms with E-state index in [2.05, 4.69) is 57.0 Å². The van der Waals surface area contributed by atoms with E-state index in [1.165, 1.54) is 11.1 Å². The summed E-state index contributed by atoms with van der Waals surface area (Å²) in [6, 6.07) is 24.0. The van der Waals surface area contributed by atoms with E-state index in [9.17, 15) is 0 Å². The summed E-state index contributed by atoms with van der Waals surface area (Å²) in [5.41, 5.74) is 4.34. The van der Waals surface area contributed by atoms with Crippen LogP contribution in [0.5, 0.6) is 11.5 Å². The van der Waals surface area contributed by atoms with Crippen molar-refractivity contribution in [2.45, 2.75) is 38.5 Å². The highest BCUT2D eigenvalue weighted by Gasteiger charge is 2.26. The first kappa shape index (κ1) is 21.0. The van der Waals surface area contributed by atoms with Crippen LogP contribution in [0.4, 0.5) is 0 Å². The molecule has 0 spiro atoms. The zero-order valence-electron chi connectivity index (χ0n) is 17.6. The molecule has 3 rings (SSSR count). The molecule has 0 saturated carbocycles. The molecule has 0 aliphatic rings. The first-order valence-electron chi connectivity index (χ1n) is 9.71. The molecule has 0 atom stereocenters. The van der Waals surface area contributed by atoms with Crippen LogP contribution in [0.1, 0.15) is 49.9 Å². The fourth-order valence-electron chi connectivity index (χ4n) is 3.61. The molecule has 30 heavy (non-hydrogen) atoms.